The van der Waals surface area contributed by atoms with Crippen LogP contribution < -0.4 is 5.73 Å². The zero-order valence-electron chi connectivity index (χ0n) is 8.46. The molecule has 4 nitrogen and oxygen atoms in total. The number of hydrogen-bond donors (Lipinski definition) is 2. The Hall–Kier alpha value is -1.07. The lowest BCUT2D eigenvalue weighted by Crippen LogP contribution is -2.40. The van der Waals surface area contributed by atoms with Crippen molar-refractivity contribution in [3.63, 3.8) is 0 Å². The summed E-state index contributed by atoms with van der Waals surface area (Å²) in [6.45, 7) is 1.82. The molecule has 3 N–H and O–H groups in total. The van der Waals surface area contributed by atoms with Crippen LogP contribution in [0.5, 0.6) is 0 Å². The average Bonchev–Trinajstić information content (AvgIpc) is 2.82. The largest absolute Gasteiger partial charge is 0.350 e. The summed E-state index contributed by atoms with van der Waals surface area (Å²) in [6, 6.07) is 1.11. The van der Waals surface area contributed by atoms with Gasteiger partial charge in [0.2, 0.25) is 0 Å². The molecule has 1 unspecified atom stereocenters. The average molecular weight is 226 g/mol. The third-order valence-electron chi connectivity index (χ3n) is 3.04. The van der Waals surface area contributed by atoms with Gasteiger partial charge in [-0.15, -0.1) is 0 Å². The van der Waals surface area contributed by atoms with Crippen molar-refractivity contribution in [3.8, 4) is 0 Å². The van der Waals surface area contributed by atoms with Gasteiger partial charge in [0.1, 0.15) is 0 Å². The molecule has 0 aliphatic heterocycles. The number of rotatable bonds is 3. The maximum Gasteiger partial charge on any atom is 0.338 e. The van der Waals surface area contributed by atoms with Gasteiger partial charge in [0.05, 0.1) is 6.04 Å². The third-order valence-corrected chi connectivity index (χ3v) is 3.74. The highest BCUT2D eigenvalue weighted by molar-refractivity contribution is 7.08. The molecule has 1 saturated carbocycles. The lowest BCUT2D eigenvalue weighted by molar-refractivity contribution is -0.0760. The minimum Gasteiger partial charge on any atom is -0.350 e. The Morgan fingerprint density at radius 3 is 3.07 bits per heavy atom. The van der Waals surface area contributed by atoms with Crippen LogP contribution in [0.4, 0.5) is 4.79 Å². The van der Waals surface area contributed by atoms with E-state index in [0.717, 1.165) is 6.42 Å². The van der Waals surface area contributed by atoms with E-state index >= 15 is 0 Å². The topological polar surface area (TPSA) is 66.6 Å². The van der Waals surface area contributed by atoms with Gasteiger partial charge < -0.3 is 5.73 Å². The molecule has 0 aromatic carbocycles. The molecular weight excluding hydrogens is 212 g/mol. The molecule has 1 heterocycles. The Kier molecular flexibility index (Phi) is 2.67. The van der Waals surface area contributed by atoms with Crippen molar-refractivity contribution in [1.82, 2.24) is 5.06 Å². The summed E-state index contributed by atoms with van der Waals surface area (Å²) in [5.74, 6) is 0.803. The van der Waals surface area contributed by atoms with Gasteiger partial charge in [-0.25, -0.2) is 9.86 Å². The summed E-state index contributed by atoms with van der Waals surface area (Å²) < 4.78 is 0. The van der Waals surface area contributed by atoms with Gasteiger partial charge in [0.15, 0.2) is 0 Å². The fourth-order valence-corrected chi connectivity index (χ4v) is 2.72. The molecule has 1 aliphatic rings. The quantitative estimate of drug-likeness (QED) is 0.611. The molecule has 2 rings (SSSR count). The van der Waals surface area contributed by atoms with Crippen LogP contribution in [0.15, 0.2) is 16.8 Å². The van der Waals surface area contributed by atoms with Crippen LogP contribution in [0.3, 0.4) is 0 Å². The second-order valence-corrected chi connectivity index (χ2v) is 4.77. The van der Waals surface area contributed by atoms with Crippen molar-refractivity contribution in [2.45, 2.75) is 25.3 Å². The van der Waals surface area contributed by atoms with E-state index in [9.17, 15) is 10.0 Å². The van der Waals surface area contributed by atoms with Gasteiger partial charge in [-0.1, -0.05) is 0 Å². The van der Waals surface area contributed by atoms with Crippen LogP contribution >= 0.6 is 11.3 Å². The number of urea groups is 1. The summed E-state index contributed by atoms with van der Waals surface area (Å²) in [7, 11) is 0. The molecule has 82 valence electrons. The first-order valence-corrected chi connectivity index (χ1v) is 5.85. The maximum atomic E-state index is 10.8. The van der Waals surface area contributed by atoms with E-state index in [1.165, 1.54) is 5.56 Å². The van der Waals surface area contributed by atoms with E-state index in [1.54, 1.807) is 11.3 Å². The number of hydroxylamine groups is 2. The van der Waals surface area contributed by atoms with Crippen molar-refractivity contribution < 1.29 is 10.0 Å². The smallest absolute Gasteiger partial charge is 0.338 e. The summed E-state index contributed by atoms with van der Waals surface area (Å²) in [5.41, 5.74) is 6.31. The van der Waals surface area contributed by atoms with E-state index in [-0.39, 0.29) is 6.04 Å². The Morgan fingerprint density at radius 1 is 1.80 bits per heavy atom. The monoisotopic (exact) mass is 226 g/mol. The Bertz CT molecular complexity index is 352. The number of amides is 2. The number of nitrogens with zero attached hydrogens (tertiary/aromatic N) is 1. The van der Waals surface area contributed by atoms with Gasteiger partial charge in [0.25, 0.3) is 0 Å². The summed E-state index contributed by atoms with van der Waals surface area (Å²) in [6.07, 6.45) is 1.02. The normalized spacial score (nSPS) is 26.0. The van der Waals surface area contributed by atoms with Crippen molar-refractivity contribution >= 4 is 17.4 Å². The Labute approximate surface area is 92.3 Å². The molecule has 5 heteroatoms. The summed E-state index contributed by atoms with van der Waals surface area (Å²) in [5, 5.41) is 14.2. The number of nitrogens with two attached hydrogens (primary N) is 1. The minimum absolute atomic E-state index is 0.201. The fraction of sp³-hybridized carbons (Fsp3) is 0.500. The minimum atomic E-state index is -0.779. The number of carbonyl (C=O) groups is 1. The van der Waals surface area contributed by atoms with E-state index < -0.39 is 6.03 Å². The molecule has 1 aromatic rings. The van der Waals surface area contributed by atoms with Crippen molar-refractivity contribution in [3.05, 3.63) is 22.4 Å². The molecule has 3 atom stereocenters. The molecule has 0 radical (unpaired) electrons. The lowest BCUT2D eigenvalue weighted by atomic mass is 10.1. The predicted octanol–water partition coefficient (Wildman–Crippen LogP) is 2.01. The van der Waals surface area contributed by atoms with Gasteiger partial charge in [-0.3, -0.25) is 5.21 Å². The van der Waals surface area contributed by atoms with Gasteiger partial charge in [-0.05, 0) is 47.6 Å². The van der Waals surface area contributed by atoms with Crippen LogP contribution in [0.25, 0.3) is 0 Å². The van der Waals surface area contributed by atoms with Crippen molar-refractivity contribution in [1.29, 1.82) is 0 Å². The number of hydrogen-bond acceptors (Lipinski definition) is 3. The maximum absolute atomic E-state index is 10.8. The molecule has 0 saturated heterocycles. The molecule has 15 heavy (non-hydrogen) atoms. The lowest BCUT2D eigenvalue weighted by Gasteiger charge is -2.20. The van der Waals surface area contributed by atoms with Crippen LogP contribution in [0.1, 0.15) is 24.8 Å². The third kappa shape index (κ3) is 1.98. The van der Waals surface area contributed by atoms with E-state index in [1.807, 2.05) is 12.3 Å². The van der Waals surface area contributed by atoms with Crippen molar-refractivity contribution in [2.24, 2.45) is 11.7 Å². The van der Waals surface area contributed by atoms with Gasteiger partial charge >= 0.3 is 6.03 Å². The highest BCUT2D eigenvalue weighted by Crippen LogP contribution is 2.50. The van der Waals surface area contributed by atoms with Gasteiger partial charge in [-0.2, -0.15) is 11.3 Å². The summed E-state index contributed by atoms with van der Waals surface area (Å²) in [4.78, 5) is 10.8. The second kappa shape index (κ2) is 3.83. The molecule has 1 fully saturated rings. The SMILES string of the molecule is CC([C@@H]1C[C@H]1c1ccsc1)N(O)C(N)=O. The first-order valence-electron chi connectivity index (χ1n) is 4.91. The van der Waals surface area contributed by atoms with Gasteiger partial charge in [0, 0.05) is 0 Å². The molecule has 1 aliphatic carbocycles. The van der Waals surface area contributed by atoms with E-state index in [2.05, 4.69) is 11.4 Å². The molecular formula is C10H14N2O2S. The molecule has 2 amide bonds. The Morgan fingerprint density at radius 2 is 2.53 bits per heavy atom. The summed E-state index contributed by atoms with van der Waals surface area (Å²) >= 11 is 1.67. The zero-order chi connectivity index (χ0) is 11.0. The molecule has 0 bridgehead atoms. The highest BCUT2D eigenvalue weighted by atomic mass is 32.1. The van der Waals surface area contributed by atoms with Crippen LogP contribution in [-0.4, -0.2) is 22.3 Å². The Balaban J connectivity index is 1.96. The first kappa shape index (κ1) is 10.4. The number of primary amides is 1. The zero-order valence-corrected chi connectivity index (χ0v) is 9.28. The standard InChI is InChI=1S/C10H14N2O2S/c1-6(12(14)10(11)13)8-4-9(8)7-2-3-15-5-7/h2-3,5-6,8-9,14H,4H2,1H3,(H2,11,13)/t6?,8-,9-/m0/s1. The number of thiophene rings is 1. The van der Waals surface area contributed by atoms with Crippen molar-refractivity contribution in [2.75, 3.05) is 0 Å². The highest BCUT2D eigenvalue weighted by Gasteiger charge is 2.45. The predicted molar refractivity (Wildman–Crippen MR) is 57.8 cm³/mol. The van der Waals surface area contributed by atoms with Crippen LogP contribution in [0.2, 0.25) is 0 Å². The van der Waals surface area contributed by atoms with E-state index in [0.29, 0.717) is 16.9 Å². The first-order chi connectivity index (χ1) is 7.11. The van der Waals surface area contributed by atoms with Crippen LogP contribution in [-0.2, 0) is 0 Å². The fourth-order valence-electron chi connectivity index (χ4n) is 2.00. The van der Waals surface area contributed by atoms with E-state index in [4.69, 9.17) is 5.73 Å². The molecule has 1 aromatic heterocycles. The van der Waals surface area contributed by atoms with Crippen LogP contribution in [0, 0.1) is 5.92 Å². The second-order valence-electron chi connectivity index (χ2n) is 3.99. The number of carbonyl (C=O) groups excluding carboxylic acids is 1. The molecule has 0 spiro atoms.